The van der Waals surface area contributed by atoms with Crippen LogP contribution in [0.1, 0.15) is 26.3 Å². The second-order valence-electron chi connectivity index (χ2n) is 4.61. The highest BCUT2D eigenvalue weighted by Crippen LogP contribution is 2.19. The molecule has 0 aromatic heterocycles. The van der Waals surface area contributed by atoms with E-state index in [2.05, 4.69) is 5.32 Å². The highest BCUT2D eigenvalue weighted by molar-refractivity contribution is 5.94. The average Bonchev–Trinajstić information content (AvgIpc) is 2.52. The van der Waals surface area contributed by atoms with Crippen molar-refractivity contribution in [2.45, 2.75) is 20.8 Å². The summed E-state index contributed by atoms with van der Waals surface area (Å²) < 4.78 is 5.51. The number of hydrogen-bond donors (Lipinski definition) is 1. The molecule has 22 heavy (non-hydrogen) atoms. The average molecular weight is 304 g/mol. The Kier molecular flexibility index (Phi) is 7.75. The molecule has 1 rings (SSSR count). The molecule has 0 unspecified atom stereocenters. The van der Waals surface area contributed by atoms with Crippen molar-refractivity contribution < 1.29 is 14.3 Å². The van der Waals surface area contributed by atoms with Crippen LogP contribution < -0.4 is 10.1 Å². The Labute approximate surface area is 132 Å². The highest BCUT2D eigenvalue weighted by atomic mass is 16.5. The minimum absolute atomic E-state index is 0.0701. The van der Waals surface area contributed by atoms with Crippen molar-refractivity contribution in [3.8, 4) is 5.75 Å². The lowest BCUT2D eigenvalue weighted by atomic mass is 10.2. The molecule has 1 aromatic rings. The zero-order valence-corrected chi connectivity index (χ0v) is 13.5. The van der Waals surface area contributed by atoms with Gasteiger partial charge in [0.25, 0.3) is 0 Å². The monoisotopic (exact) mass is 304 g/mol. The number of carbonyl (C=O) groups excluding carboxylic acids is 2. The van der Waals surface area contributed by atoms with Gasteiger partial charge < -0.3 is 15.0 Å². The summed E-state index contributed by atoms with van der Waals surface area (Å²) in [5.41, 5.74) is 0.840. The lowest BCUT2D eigenvalue weighted by molar-refractivity contribution is -0.132. The van der Waals surface area contributed by atoms with Gasteiger partial charge in [-0.05, 0) is 32.9 Å². The number of amides is 2. The Morgan fingerprint density at radius 1 is 1.23 bits per heavy atom. The van der Waals surface area contributed by atoms with Gasteiger partial charge >= 0.3 is 0 Å². The number of nitrogens with zero attached hydrogens (tertiary/aromatic N) is 1. The molecule has 0 spiro atoms. The Bertz CT molecular complexity index is 526. The van der Waals surface area contributed by atoms with Crippen molar-refractivity contribution in [3.05, 3.63) is 35.9 Å². The minimum atomic E-state index is -0.194. The van der Waals surface area contributed by atoms with Crippen LogP contribution in [0.15, 0.2) is 30.3 Å². The fraction of sp³-hybridized carbons (Fsp3) is 0.412. The van der Waals surface area contributed by atoms with Crippen LogP contribution in [0.25, 0.3) is 6.08 Å². The standard InChI is InChI=1S/C17H24N2O3/c1-4-18-16(20)13-19(5-2)17(21)12-11-14-9-7-8-10-15(14)22-6-3/h7-12H,4-6,13H2,1-3H3,(H,18,20)/b12-11+. The summed E-state index contributed by atoms with van der Waals surface area (Å²) in [6.07, 6.45) is 3.19. The normalized spacial score (nSPS) is 10.5. The number of rotatable bonds is 8. The van der Waals surface area contributed by atoms with E-state index in [0.717, 1.165) is 11.3 Å². The van der Waals surface area contributed by atoms with Crippen LogP contribution in [-0.4, -0.2) is 43.0 Å². The van der Waals surface area contributed by atoms with Crippen LogP contribution in [0.3, 0.4) is 0 Å². The maximum absolute atomic E-state index is 12.2. The van der Waals surface area contributed by atoms with Gasteiger partial charge in [-0.1, -0.05) is 18.2 Å². The number of carbonyl (C=O) groups is 2. The van der Waals surface area contributed by atoms with Gasteiger partial charge in [-0.3, -0.25) is 9.59 Å². The van der Waals surface area contributed by atoms with Crippen LogP contribution in [0.2, 0.25) is 0 Å². The molecule has 0 saturated heterocycles. The summed E-state index contributed by atoms with van der Waals surface area (Å²) >= 11 is 0. The molecule has 0 aliphatic heterocycles. The van der Waals surface area contributed by atoms with Gasteiger partial charge in [0, 0.05) is 24.7 Å². The number of para-hydroxylation sites is 1. The molecule has 0 aliphatic rings. The summed E-state index contributed by atoms with van der Waals surface area (Å²) in [6.45, 7) is 7.28. The smallest absolute Gasteiger partial charge is 0.247 e. The van der Waals surface area contributed by atoms with Gasteiger partial charge in [0.05, 0.1) is 13.2 Å². The SMILES string of the molecule is CCNC(=O)CN(CC)C(=O)/C=C/c1ccccc1OCC. The van der Waals surface area contributed by atoms with Crippen molar-refractivity contribution in [2.75, 3.05) is 26.2 Å². The van der Waals surface area contributed by atoms with Crippen molar-refractivity contribution in [1.29, 1.82) is 0 Å². The summed E-state index contributed by atoms with van der Waals surface area (Å²) in [7, 11) is 0. The van der Waals surface area contributed by atoms with E-state index in [1.165, 1.54) is 11.0 Å². The molecule has 0 fully saturated rings. The van der Waals surface area contributed by atoms with Gasteiger partial charge in [-0.25, -0.2) is 0 Å². The first-order chi connectivity index (χ1) is 10.6. The third-order valence-corrected chi connectivity index (χ3v) is 3.03. The largest absolute Gasteiger partial charge is 0.493 e. The van der Waals surface area contributed by atoms with E-state index in [4.69, 9.17) is 4.74 Å². The molecule has 120 valence electrons. The Hall–Kier alpha value is -2.30. The molecule has 0 bridgehead atoms. The summed E-state index contributed by atoms with van der Waals surface area (Å²) in [4.78, 5) is 25.2. The topological polar surface area (TPSA) is 58.6 Å². The van der Waals surface area contributed by atoms with E-state index in [1.807, 2.05) is 45.0 Å². The van der Waals surface area contributed by atoms with Crippen LogP contribution in [0.4, 0.5) is 0 Å². The quantitative estimate of drug-likeness (QED) is 0.748. The van der Waals surface area contributed by atoms with E-state index in [0.29, 0.717) is 19.7 Å². The van der Waals surface area contributed by atoms with Crippen LogP contribution >= 0.6 is 0 Å². The van der Waals surface area contributed by atoms with Crippen molar-refractivity contribution in [3.63, 3.8) is 0 Å². The predicted molar refractivity (Wildman–Crippen MR) is 87.6 cm³/mol. The Balaban J connectivity index is 2.75. The van der Waals surface area contributed by atoms with Crippen molar-refractivity contribution >= 4 is 17.9 Å². The van der Waals surface area contributed by atoms with E-state index in [9.17, 15) is 9.59 Å². The van der Waals surface area contributed by atoms with Crippen LogP contribution in [-0.2, 0) is 9.59 Å². The molecule has 0 heterocycles. The molecular formula is C17H24N2O3. The maximum atomic E-state index is 12.2. The van der Waals surface area contributed by atoms with E-state index < -0.39 is 0 Å². The van der Waals surface area contributed by atoms with Gasteiger partial charge in [0.2, 0.25) is 11.8 Å². The first-order valence-electron chi connectivity index (χ1n) is 7.57. The third-order valence-electron chi connectivity index (χ3n) is 3.03. The number of nitrogens with one attached hydrogen (secondary N) is 1. The summed E-state index contributed by atoms with van der Waals surface area (Å²) in [5.74, 6) is 0.390. The molecule has 1 aromatic carbocycles. The second kappa shape index (κ2) is 9.60. The lowest BCUT2D eigenvalue weighted by Crippen LogP contribution is -2.39. The Morgan fingerprint density at radius 3 is 2.59 bits per heavy atom. The van der Waals surface area contributed by atoms with E-state index in [1.54, 1.807) is 6.08 Å². The van der Waals surface area contributed by atoms with Gasteiger partial charge in [-0.2, -0.15) is 0 Å². The number of benzene rings is 1. The van der Waals surface area contributed by atoms with Gasteiger partial charge in [0.15, 0.2) is 0 Å². The molecule has 5 heteroatoms. The minimum Gasteiger partial charge on any atom is -0.493 e. The number of ether oxygens (including phenoxy) is 1. The third kappa shape index (κ3) is 5.60. The Morgan fingerprint density at radius 2 is 1.95 bits per heavy atom. The highest BCUT2D eigenvalue weighted by Gasteiger charge is 2.12. The number of likely N-dealkylation sites (N-methyl/N-ethyl adjacent to an activating group) is 2. The summed E-state index contributed by atoms with van der Waals surface area (Å²) in [5, 5.41) is 2.69. The van der Waals surface area contributed by atoms with Crippen molar-refractivity contribution in [1.82, 2.24) is 10.2 Å². The molecule has 0 saturated carbocycles. The van der Waals surface area contributed by atoms with Gasteiger partial charge in [-0.15, -0.1) is 0 Å². The van der Waals surface area contributed by atoms with Crippen LogP contribution in [0, 0.1) is 0 Å². The molecule has 0 aliphatic carbocycles. The number of hydrogen-bond acceptors (Lipinski definition) is 3. The molecule has 1 N–H and O–H groups in total. The fourth-order valence-electron chi connectivity index (χ4n) is 1.94. The second-order valence-corrected chi connectivity index (χ2v) is 4.61. The molecule has 2 amide bonds. The summed E-state index contributed by atoms with van der Waals surface area (Å²) in [6, 6.07) is 7.52. The zero-order valence-electron chi connectivity index (χ0n) is 13.5. The first kappa shape index (κ1) is 17.8. The van der Waals surface area contributed by atoms with Gasteiger partial charge in [0.1, 0.15) is 5.75 Å². The molecule has 5 nitrogen and oxygen atoms in total. The zero-order chi connectivity index (χ0) is 16.4. The fourth-order valence-corrected chi connectivity index (χ4v) is 1.94. The first-order valence-corrected chi connectivity index (χ1v) is 7.57. The molecule has 0 radical (unpaired) electrons. The van der Waals surface area contributed by atoms with E-state index in [-0.39, 0.29) is 18.4 Å². The predicted octanol–water partition coefficient (Wildman–Crippen LogP) is 2.08. The molecule has 0 atom stereocenters. The van der Waals surface area contributed by atoms with E-state index >= 15 is 0 Å². The van der Waals surface area contributed by atoms with Crippen LogP contribution in [0.5, 0.6) is 5.75 Å². The molecular weight excluding hydrogens is 280 g/mol. The lowest BCUT2D eigenvalue weighted by Gasteiger charge is -2.18. The maximum Gasteiger partial charge on any atom is 0.247 e. The van der Waals surface area contributed by atoms with Crippen molar-refractivity contribution in [2.24, 2.45) is 0 Å².